The fourth-order valence-electron chi connectivity index (χ4n) is 2.22. The van der Waals surface area contributed by atoms with Crippen molar-refractivity contribution >= 4 is 5.97 Å². The molecule has 1 aliphatic heterocycles. The third kappa shape index (κ3) is 2.97. The van der Waals surface area contributed by atoms with Gasteiger partial charge in [-0.3, -0.25) is 5.32 Å². The molecule has 8 heteroatoms. The number of aromatic nitrogens is 4. The van der Waals surface area contributed by atoms with E-state index in [9.17, 15) is 4.79 Å². The van der Waals surface area contributed by atoms with Crippen molar-refractivity contribution in [1.82, 2.24) is 25.1 Å². The summed E-state index contributed by atoms with van der Waals surface area (Å²) in [5, 5.41) is 7.37. The van der Waals surface area contributed by atoms with Crippen LogP contribution in [0.3, 0.4) is 0 Å². The molecule has 2 aromatic rings. The van der Waals surface area contributed by atoms with Crippen molar-refractivity contribution in [3.05, 3.63) is 41.7 Å². The Morgan fingerprint density at radius 3 is 3.18 bits per heavy atom. The second kappa shape index (κ2) is 6.20. The SMILES string of the molecule is CCOC(=O)c1ccn(C2NCC(c3cc(C)ncn3)O2)n1. The number of aryl methyl sites for hydroxylation is 1. The number of hydrogen-bond donors (Lipinski definition) is 1. The standard InChI is InChI=1S/C14H17N5O3/c1-3-21-13(20)10-4-5-19(18-10)14-15-7-12(22-14)11-6-9(2)16-8-17-11/h4-6,8,12,14-15H,3,7H2,1-2H3. The molecule has 0 bridgehead atoms. The molecular weight excluding hydrogens is 286 g/mol. The van der Waals surface area contributed by atoms with Crippen molar-refractivity contribution in [3.8, 4) is 0 Å². The number of carbonyl (C=O) groups is 1. The van der Waals surface area contributed by atoms with E-state index in [-0.39, 0.29) is 11.8 Å². The van der Waals surface area contributed by atoms with Gasteiger partial charge in [0.1, 0.15) is 12.4 Å². The van der Waals surface area contributed by atoms with Crippen molar-refractivity contribution in [2.45, 2.75) is 26.3 Å². The van der Waals surface area contributed by atoms with Gasteiger partial charge in [-0.15, -0.1) is 0 Å². The maximum absolute atomic E-state index is 11.6. The summed E-state index contributed by atoms with van der Waals surface area (Å²) in [6, 6.07) is 3.49. The zero-order valence-electron chi connectivity index (χ0n) is 12.4. The van der Waals surface area contributed by atoms with Crippen LogP contribution < -0.4 is 5.32 Å². The van der Waals surface area contributed by atoms with Gasteiger partial charge in [0.05, 0.1) is 12.3 Å². The first kappa shape index (κ1) is 14.6. The highest BCUT2D eigenvalue weighted by atomic mass is 16.5. The lowest BCUT2D eigenvalue weighted by Gasteiger charge is -2.12. The molecule has 2 unspecified atom stereocenters. The van der Waals surface area contributed by atoms with Crippen molar-refractivity contribution in [2.24, 2.45) is 0 Å². The van der Waals surface area contributed by atoms with E-state index in [0.717, 1.165) is 11.4 Å². The molecule has 0 amide bonds. The molecule has 0 aromatic carbocycles. The molecular formula is C14H17N5O3. The van der Waals surface area contributed by atoms with Crippen LogP contribution in [0.25, 0.3) is 0 Å². The van der Waals surface area contributed by atoms with Crippen LogP contribution in [0.5, 0.6) is 0 Å². The van der Waals surface area contributed by atoms with Crippen LogP contribution in [0, 0.1) is 6.92 Å². The molecule has 0 spiro atoms. The lowest BCUT2D eigenvalue weighted by Crippen LogP contribution is -2.21. The average molecular weight is 303 g/mol. The maximum Gasteiger partial charge on any atom is 0.358 e. The Kier molecular flexibility index (Phi) is 4.12. The van der Waals surface area contributed by atoms with E-state index < -0.39 is 12.3 Å². The predicted molar refractivity (Wildman–Crippen MR) is 75.8 cm³/mol. The second-order valence-corrected chi connectivity index (χ2v) is 4.87. The van der Waals surface area contributed by atoms with Crippen LogP contribution in [0.1, 0.15) is 41.3 Å². The van der Waals surface area contributed by atoms with E-state index in [1.807, 2.05) is 13.0 Å². The number of hydrogen-bond acceptors (Lipinski definition) is 7. The zero-order valence-corrected chi connectivity index (χ0v) is 12.4. The molecule has 1 fully saturated rings. The smallest absolute Gasteiger partial charge is 0.358 e. The van der Waals surface area contributed by atoms with Gasteiger partial charge in [0.15, 0.2) is 5.69 Å². The van der Waals surface area contributed by atoms with E-state index >= 15 is 0 Å². The van der Waals surface area contributed by atoms with Crippen molar-refractivity contribution < 1.29 is 14.3 Å². The van der Waals surface area contributed by atoms with E-state index in [0.29, 0.717) is 13.2 Å². The second-order valence-electron chi connectivity index (χ2n) is 4.87. The summed E-state index contributed by atoms with van der Waals surface area (Å²) in [6.07, 6.45) is 2.58. The largest absolute Gasteiger partial charge is 0.461 e. The van der Waals surface area contributed by atoms with E-state index in [2.05, 4.69) is 20.4 Å². The Balaban J connectivity index is 1.69. The highest BCUT2D eigenvalue weighted by Gasteiger charge is 2.29. The summed E-state index contributed by atoms with van der Waals surface area (Å²) in [7, 11) is 0. The molecule has 8 nitrogen and oxygen atoms in total. The van der Waals surface area contributed by atoms with Gasteiger partial charge in [-0.05, 0) is 26.0 Å². The van der Waals surface area contributed by atoms with Crippen LogP contribution in [-0.4, -0.2) is 38.9 Å². The van der Waals surface area contributed by atoms with E-state index in [4.69, 9.17) is 9.47 Å². The number of ether oxygens (including phenoxy) is 2. The van der Waals surface area contributed by atoms with E-state index in [1.54, 1.807) is 23.9 Å². The van der Waals surface area contributed by atoms with Crippen molar-refractivity contribution in [1.29, 1.82) is 0 Å². The Hall–Kier alpha value is -2.32. The molecule has 1 N–H and O–H groups in total. The zero-order chi connectivity index (χ0) is 15.5. The first-order valence-corrected chi connectivity index (χ1v) is 7.07. The Bertz CT molecular complexity index is 672. The first-order valence-electron chi connectivity index (χ1n) is 7.07. The van der Waals surface area contributed by atoms with Gasteiger partial charge < -0.3 is 9.47 Å². The molecule has 2 atom stereocenters. The minimum absolute atomic E-state index is 0.179. The Labute approximate surface area is 127 Å². The summed E-state index contributed by atoms with van der Waals surface area (Å²) >= 11 is 0. The molecule has 0 saturated carbocycles. The minimum Gasteiger partial charge on any atom is -0.461 e. The van der Waals surface area contributed by atoms with Gasteiger partial charge in [-0.25, -0.2) is 19.4 Å². The number of carbonyl (C=O) groups excluding carboxylic acids is 1. The third-order valence-corrected chi connectivity index (χ3v) is 3.26. The average Bonchev–Trinajstić information content (AvgIpc) is 3.17. The molecule has 116 valence electrons. The molecule has 1 saturated heterocycles. The van der Waals surface area contributed by atoms with Gasteiger partial charge in [0.2, 0.25) is 6.35 Å². The monoisotopic (exact) mass is 303 g/mol. The predicted octanol–water partition coefficient (Wildman–Crippen LogP) is 0.975. The van der Waals surface area contributed by atoms with Gasteiger partial charge in [-0.2, -0.15) is 5.10 Å². The van der Waals surface area contributed by atoms with Crippen LogP contribution in [0.4, 0.5) is 0 Å². The topological polar surface area (TPSA) is 91.2 Å². The van der Waals surface area contributed by atoms with Crippen LogP contribution in [-0.2, 0) is 9.47 Å². The first-order chi connectivity index (χ1) is 10.7. The summed E-state index contributed by atoms with van der Waals surface area (Å²) in [5.74, 6) is -0.442. The molecule has 22 heavy (non-hydrogen) atoms. The quantitative estimate of drug-likeness (QED) is 0.842. The number of nitrogens with zero attached hydrogens (tertiary/aromatic N) is 4. The summed E-state index contributed by atoms with van der Waals surface area (Å²) < 4.78 is 12.4. The lowest BCUT2D eigenvalue weighted by atomic mass is 10.2. The minimum atomic E-state index is -0.442. The van der Waals surface area contributed by atoms with Crippen LogP contribution >= 0.6 is 0 Å². The lowest BCUT2D eigenvalue weighted by molar-refractivity contribution is -0.0152. The highest BCUT2D eigenvalue weighted by molar-refractivity contribution is 5.86. The fraction of sp³-hybridized carbons (Fsp3) is 0.429. The molecule has 3 rings (SSSR count). The number of esters is 1. The molecule has 1 aliphatic rings. The Morgan fingerprint density at radius 1 is 1.55 bits per heavy atom. The van der Waals surface area contributed by atoms with Gasteiger partial charge in [-0.1, -0.05) is 0 Å². The van der Waals surface area contributed by atoms with Gasteiger partial charge in [0.25, 0.3) is 0 Å². The summed E-state index contributed by atoms with van der Waals surface area (Å²) in [6.45, 7) is 4.59. The number of nitrogens with one attached hydrogen (secondary N) is 1. The normalized spacial score (nSPS) is 21.0. The van der Waals surface area contributed by atoms with Crippen LogP contribution in [0.15, 0.2) is 24.7 Å². The van der Waals surface area contributed by atoms with Crippen molar-refractivity contribution in [2.75, 3.05) is 13.2 Å². The Morgan fingerprint density at radius 2 is 2.41 bits per heavy atom. The van der Waals surface area contributed by atoms with Gasteiger partial charge in [0, 0.05) is 18.4 Å². The summed E-state index contributed by atoms with van der Waals surface area (Å²) in [5.41, 5.74) is 1.97. The van der Waals surface area contributed by atoms with Crippen LogP contribution in [0.2, 0.25) is 0 Å². The molecule has 3 heterocycles. The summed E-state index contributed by atoms with van der Waals surface area (Å²) in [4.78, 5) is 19.9. The molecule has 0 aliphatic carbocycles. The molecule has 2 aromatic heterocycles. The molecule has 0 radical (unpaired) electrons. The van der Waals surface area contributed by atoms with E-state index in [1.165, 1.54) is 6.33 Å². The number of rotatable bonds is 4. The highest BCUT2D eigenvalue weighted by Crippen LogP contribution is 2.25. The maximum atomic E-state index is 11.6. The van der Waals surface area contributed by atoms with Crippen molar-refractivity contribution in [3.63, 3.8) is 0 Å². The van der Waals surface area contributed by atoms with Gasteiger partial charge >= 0.3 is 5.97 Å². The fourth-order valence-corrected chi connectivity index (χ4v) is 2.22. The third-order valence-electron chi connectivity index (χ3n) is 3.26.